The van der Waals surface area contributed by atoms with Crippen molar-refractivity contribution in [3.05, 3.63) is 65.5 Å². The van der Waals surface area contributed by atoms with Crippen LogP contribution in [0.5, 0.6) is 0 Å². The van der Waals surface area contributed by atoms with E-state index >= 15 is 0 Å². The van der Waals surface area contributed by atoms with Gasteiger partial charge in [0.2, 0.25) is 5.91 Å². The number of aromatic nitrogens is 2. The number of benzene rings is 1. The zero-order valence-electron chi connectivity index (χ0n) is 14.5. The van der Waals surface area contributed by atoms with Gasteiger partial charge in [-0.05, 0) is 36.6 Å². The summed E-state index contributed by atoms with van der Waals surface area (Å²) in [6, 6.07) is 2.81. The molecule has 0 fully saturated rings. The van der Waals surface area contributed by atoms with Gasteiger partial charge in [-0.3, -0.25) is 9.48 Å². The Bertz CT molecular complexity index is 839. The van der Waals surface area contributed by atoms with Crippen LogP contribution in [0.15, 0.2) is 47.8 Å². The summed E-state index contributed by atoms with van der Waals surface area (Å²) in [6.45, 7) is 6.49. The molecule has 136 valence electrons. The highest BCUT2D eigenvalue weighted by Gasteiger charge is 2.28. The molecule has 5 nitrogen and oxygen atoms in total. The van der Waals surface area contributed by atoms with Crippen molar-refractivity contribution in [2.75, 3.05) is 0 Å². The molecule has 0 radical (unpaired) electrons. The summed E-state index contributed by atoms with van der Waals surface area (Å²) in [5.74, 6) is -1.53. The van der Waals surface area contributed by atoms with Crippen LogP contribution in [0.1, 0.15) is 36.4 Å². The molecule has 1 unspecified atom stereocenters. The molecule has 2 heterocycles. The van der Waals surface area contributed by atoms with Gasteiger partial charge >= 0.3 is 0 Å². The number of nitrogens with zero attached hydrogens (tertiary/aromatic N) is 4. The fraction of sp³-hybridized carbons (Fsp3) is 0.316. The van der Waals surface area contributed by atoms with Gasteiger partial charge in [-0.25, -0.2) is 13.8 Å². The highest BCUT2D eigenvalue weighted by atomic mass is 19.1. The van der Waals surface area contributed by atoms with E-state index in [1.807, 2.05) is 13.1 Å². The van der Waals surface area contributed by atoms with E-state index in [0.717, 1.165) is 17.2 Å². The summed E-state index contributed by atoms with van der Waals surface area (Å²) in [5.41, 5.74) is 2.34. The SMILES string of the molecule is C=C(CCC(=O)N1N=CCC1c1cc(F)cc(F)c1)Cn1cc(C)cn1. The number of hydrogen-bond acceptors (Lipinski definition) is 3. The number of carbonyl (C=O) groups excluding carboxylic acids is 1. The van der Waals surface area contributed by atoms with E-state index < -0.39 is 17.7 Å². The first kappa shape index (κ1) is 18.0. The molecule has 1 amide bonds. The van der Waals surface area contributed by atoms with Gasteiger partial charge in [-0.1, -0.05) is 12.2 Å². The van der Waals surface area contributed by atoms with Gasteiger partial charge in [-0.2, -0.15) is 10.2 Å². The smallest absolute Gasteiger partial charge is 0.243 e. The van der Waals surface area contributed by atoms with Crippen LogP contribution in [0, 0.1) is 18.6 Å². The fourth-order valence-corrected chi connectivity index (χ4v) is 2.96. The molecule has 0 spiro atoms. The third kappa shape index (κ3) is 4.22. The van der Waals surface area contributed by atoms with Crippen LogP contribution < -0.4 is 0 Å². The molecule has 26 heavy (non-hydrogen) atoms. The number of halogens is 2. The van der Waals surface area contributed by atoms with Crippen LogP contribution in [-0.4, -0.2) is 26.9 Å². The summed E-state index contributed by atoms with van der Waals surface area (Å²) >= 11 is 0. The van der Waals surface area contributed by atoms with Crippen molar-refractivity contribution in [1.82, 2.24) is 14.8 Å². The molecule has 7 heteroatoms. The minimum absolute atomic E-state index is 0.203. The van der Waals surface area contributed by atoms with Crippen molar-refractivity contribution in [2.45, 2.75) is 38.8 Å². The maximum absolute atomic E-state index is 13.5. The van der Waals surface area contributed by atoms with Gasteiger partial charge in [0, 0.05) is 31.3 Å². The van der Waals surface area contributed by atoms with Crippen molar-refractivity contribution in [3.8, 4) is 0 Å². The minimum atomic E-state index is -0.665. The first-order valence-electron chi connectivity index (χ1n) is 8.38. The molecule has 1 aromatic carbocycles. The standard InChI is InChI=1S/C19H20F2N4O/c1-13(11-24-12-14(2)10-23-24)3-4-19(26)25-18(5-6-22-25)15-7-16(20)9-17(21)8-15/h6-10,12,18H,1,3-5,11H2,2H3. The molecule has 1 aliphatic rings. The van der Waals surface area contributed by atoms with E-state index in [2.05, 4.69) is 16.8 Å². The number of allylic oxidation sites excluding steroid dienone is 1. The summed E-state index contributed by atoms with van der Waals surface area (Å²) in [7, 11) is 0. The van der Waals surface area contributed by atoms with Gasteiger partial charge in [0.05, 0.1) is 18.8 Å². The third-order valence-electron chi connectivity index (χ3n) is 4.20. The average molecular weight is 358 g/mol. The van der Waals surface area contributed by atoms with E-state index in [-0.39, 0.29) is 12.3 Å². The molecule has 0 aliphatic carbocycles. The maximum atomic E-state index is 13.5. The summed E-state index contributed by atoms with van der Waals surface area (Å²) in [6.07, 6.45) is 6.42. The third-order valence-corrected chi connectivity index (χ3v) is 4.20. The van der Waals surface area contributed by atoms with Gasteiger partial charge in [0.25, 0.3) is 0 Å². The Morgan fingerprint density at radius 3 is 2.65 bits per heavy atom. The van der Waals surface area contributed by atoms with E-state index in [0.29, 0.717) is 24.9 Å². The van der Waals surface area contributed by atoms with Gasteiger partial charge in [-0.15, -0.1) is 0 Å². The predicted octanol–water partition coefficient (Wildman–Crippen LogP) is 3.77. The summed E-state index contributed by atoms with van der Waals surface area (Å²) in [5, 5.41) is 9.58. The maximum Gasteiger partial charge on any atom is 0.243 e. The highest BCUT2D eigenvalue weighted by Crippen LogP contribution is 2.30. The number of carbonyl (C=O) groups is 1. The highest BCUT2D eigenvalue weighted by molar-refractivity contribution is 5.80. The number of hydrogen-bond donors (Lipinski definition) is 0. The second-order valence-electron chi connectivity index (χ2n) is 6.46. The predicted molar refractivity (Wildman–Crippen MR) is 94.4 cm³/mol. The quantitative estimate of drug-likeness (QED) is 0.738. The van der Waals surface area contributed by atoms with E-state index in [1.54, 1.807) is 17.1 Å². The first-order valence-corrected chi connectivity index (χ1v) is 8.38. The lowest BCUT2D eigenvalue weighted by molar-refractivity contribution is -0.133. The fourth-order valence-electron chi connectivity index (χ4n) is 2.96. The molecule has 0 N–H and O–H groups in total. The number of amides is 1. The lowest BCUT2D eigenvalue weighted by atomic mass is 10.0. The lowest BCUT2D eigenvalue weighted by Gasteiger charge is -2.22. The average Bonchev–Trinajstić information content (AvgIpc) is 3.21. The van der Waals surface area contributed by atoms with Crippen LogP contribution in [0.25, 0.3) is 0 Å². The Morgan fingerprint density at radius 2 is 2.00 bits per heavy atom. The van der Waals surface area contributed by atoms with Crippen LogP contribution in [0.3, 0.4) is 0 Å². The van der Waals surface area contributed by atoms with Crippen molar-refractivity contribution in [2.24, 2.45) is 5.10 Å². The van der Waals surface area contributed by atoms with Gasteiger partial charge in [0.15, 0.2) is 0 Å². The van der Waals surface area contributed by atoms with E-state index in [9.17, 15) is 13.6 Å². The van der Waals surface area contributed by atoms with Gasteiger partial charge < -0.3 is 0 Å². The van der Waals surface area contributed by atoms with Crippen LogP contribution in [0.4, 0.5) is 8.78 Å². The Labute approximate surface area is 150 Å². The number of hydrazone groups is 1. The van der Waals surface area contributed by atoms with E-state index in [4.69, 9.17) is 0 Å². The molecular weight excluding hydrogens is 338 g/mol. The lowest BCUT2D eigenvalue weighted by Crippen LogP contribution is -2.27. The van der Waals surface area contributed by atoms with Crippen LogP contribution in [0.2, 0.25) is 0 Å². The Hall–Kier alpha value is -2.83. The van der Waals surface area contributed by atoms with Crippen LogP contribution in [-0.2, 0) is 11.3 Å². The number of aryl methyl sites for hydroxylation is 1. The second kappa shape index (κ2) is 7.59. The van der Waals surface area contributed by atoms with E-state index in [1.165, 1.54) is 17.1 Å². The molecule has 2 aromatic rings. The largest absolute Gasteiger partial charge is 0.273 e. The second-order valence-corrected chi connectivity index (χ2v) is 6.46. The monoisotopic (exact) mass is 358 g/mol. The molecule has 0 saturated heterocycles. The summed E-state index contributed by atoms with van der Waals surface area (Å²) in [4.78, 5) is 12.5. The molecule has 3 rings (SSSR count). The van der Waals surface area contributed by atoms with Crippen molar-refractivity contribution in [3.63, 3.8) is 0 Å². The Kier molecular flexibility index (Phi) is 5.25. The normalized spacial score (nSPS) is 16.3. The molecular formula is C19H20F2N4O. The zero-order chi connectivity index (χ0) is 18.7. The topological polar surface area (TPSA) is 50.5 Å². The Morgan fingerprint density at radius 1 is 1.27 bits per heavy atom. The molecule has 0 bridgehead atoms. The summed E-state index contributed by atoms with van der Waals surface area (Å²) < 4.78 is 28.7. The number of rotatable bonds is 6. The molecule has 0 saturated carbocycles. The first-order chi connectivity index (χ1) is 12.4. The zero-order valence-corrected chi connectivity index (χ0v) is 14.5. The minimum Gasteiger partial charge on any atom is -0.273 e. The molecule has 1 aliphatic heterocycles. The van der Waals surface area contributed by atoms with Crippen molar-refractivity contribution in [1.29, 1.82) is 0 Å². The van der Waals surface area contributed by atoms with Crippen molar-refractivity contribution >= 4 is 12.1 Å². The van der Waals surface area contributed by atoms with Crippen LogP contribution >= 0.6 is 0 Å². The molecule has 1 aromatic heterocycles. The molecule has 1 atom stereocenters. The Balaban J connectivity index is 1.59. The van der Waals surface area contributed by atoms with Crippen molar-refractivity contribution < 1.29 is 13.6 Å². The van der Waals surface area contributed by atoms with Gasteiger partial charge in [0.1, 0.15) is 11.6 Å².